The van der Waals surface area contributed by atoms with Crippen LogP contribution in [0.25, 0.3) is 11.3 Å². The van der Waals surface area contributed by atoms with E-state index >= 15 is 0 Å². The number of aromatic nitrogens is 2. The van der Waals surface area contributed by atoms with Gasteiger partial charge >= 0.3 is 0 Å². The van der Waals surface area contributed by atoms with Gasteiger partial charge in [-0.05, 0) is 37.1 Å². The Bertz CT molecular complexity index is 845. The van der Waals surface area contributed by atoms with Gasteiger partial charge in [-0.15, -0.1) is 0 Å². The van der Waals surface area contributed by atoms with Crippen molar-refractivity contribution >= 4 is 11.4 Å². The zero-order chi connectivity index (χ0) is 16.5. The molecular formula is C19H17F2N3. The summed E-state index contributed by atoms with van der Waals surface area (Å²) >= 11 is 0. The predicted molar refractivity (Wildman–Crippen MR) is 90.2 cm³/mol. The highest BCUT2D eigenvalue weighted by Crippen LogP contribution is 2.26. The molecule has 0 saturated heterocycles. The first-order valence-electron chi connectivity index (χ1n) is 8.07. The average Bonchev–Trinajstić information content (AvgIpc) is 3.03. The second-order valence-electron chi connectivity index (χ2n) is 6.02. The van der Waals surface area contributed by atoms with E-state index in [2.05, 4.69) is 16.1 Å². The molecule has 1 aromatic heterocycles. The molecule has 0 fully saturated rings. The molecule has 2 aromatic carbocycles. The highest BCUT2D eigenvalue weighted by Gasteiger charge is 2.13. The maximum Gasteiger partial charge on any atom is 0.146 e. The molecular weight excluding hydrogens is 308 g/mol. The van der Waals surface area contributed by atoms with Gasteiger partial charge in [-0.1, -0.05) is 12.1 Å². The number of anilines is 2. The highest BCUT2D eigenvalue weighted by molar-refractivity contribution is 5.66. The Morgan fingerprint density at radius 1 is 1.00 bits per heavy atom. The Labute approximate surface area is 139 Å². The maximum absolute atomic E-state index is 13.7. The molecule has 2 heterocycles. The van der Waals surface area contributed by atoms with Crippen molar-refractivity contribution in [3.05, 3.63) is 66.1 Å². The van der Waals surface area contributed by atoms with Crippen molar-refractivity contribution in [1.29, 1.82) is 0 Å². The molecule has 0 aliphatic carbocycles. The van der Waals surface area contributed by atoms with Gasteiger partial charge < -0.3 is 9.88 Å². The lowest BCUT2D eigenvalue weighted by Gasteiger charge is -2.11. The number of hydrogen-bond acceptors (Lipinski definition) is 2. The molecule has 0 saturated carbocycles. The molecule has 1 N–H and O–H groups in total. The number of nitrogens with one attached hydrogen (secondary N) is 1. The third kappa shape index (κ3) is 2.89. The summed E-state index contributed by atoms with van der Waals surface area (Å²) in [6, 6.07) is 10.9. The van der Waals surface area contributed by atoms with Crippen LogP contribution in [0.3, 0.4) is 0 Å². The van der Waals surface area contributed by atoms with Crippen molar-refractivity contribution in [3.8, 4) is 11.3 Å². The topological polar surface area (TPSA) is 29.9 Å². The van der Waals surface area contributed by atoms with Crippen LogP contribution in [-0.4, -0.2) is 9.55 Å². The van der Waals surface area contributed by atoms with Gasteiger partial charge in [0.25, 0.3) is 0 Å². The lowest BCUT2D eigenvalue weighted by molar-refractivity contribution is 0.522. The monoisotopic (exact) mass is 325 g/mol. The SMILES string of the molecule is Fc1ccc(F)c(Nc2ccc(-c3cn4c(n3)CCCC4)cc2)c1. The zero-order valence-corrected chi connectivity index (χ0v) is 13.1. The fourth-order valence-electron chi connectivity index (χ4n) is 3.02. The van der Waals surface area contributed by atoms with Gasteiger partial charge in [-0.25, -0.2) is 13.8 Å². The summed E-state index contributed by atoms with van der Waals surface area (Å²) in [5.41, 5.74) is 2.80. The molecule has 4 rings (SSSR count). The first-order valence-corrected chi connectivity index (χ1v) is 8.07. The number of nitrogens with zero attached hydrogens (tertiary/aromatic N) is 2. The van der Waals surface area contributed by atoms with Gasteiger partial charge in [0, 0.05) is 36.5 Å². The third-order valence-corrected chi connectivity index (χ3v) is 4.30. The summed E-state index contributed by atoms with van der Waals surface area (Å²) in [5, 5.41) is 2.90. The largest absolute Gasteiger partial charge is 0.353 e. The summed E-state index contributed by atoms with van der Waals surface area (Å²) in [6.45, 7) is 1.03. The molecule has 0 radical (unpaired) electrons. The summed E-state index contributed by atoms with van der Waals surface area (Å²) in [4.78, 5) is 4.69. The number of fused-ring (bicyclic) bond motifs is 1. The molecule has 1 aliphatic rings. The van der Waals surface area contributed by atoms with Crippen LogP contribution >= 0.6 is 0 Å². The van der Waals surface area contributed by atoms with Gasteiger partial charge in [-0.3, -0.25) is 0 Å². The fraction of sp³-hybridized carbons (Fsp3) is 0.211. The number of hydrogen-bond donors (Lipinski definition) is 1. The summed E-state index contributed by atoms with van der Waals surface area (Å²) < 4.78 is 29.1. The molecule has 3 aromatic rings. The van der Waals surface area contributed by atoms with Gasteiger partial charge in [0.15, 0.2) is 0 Å². The van der Waals surface area contributed by atoms with Crippen LogP contribution in [0.5, 0.6) is 0 Å². The average molecular weight is 325 g/mol. The van der Waals surface area contributed by atoms with Gasteiger partial charge in [0.1, 0.15) is 17.5 Å². The summed E-state index contributed by atoms with van der Waals surface area (Å²) in [6.07, 6.45) is 5.50. The summed E-state index contributed by atoms with van der Waals surface area (Å²) in [5.74, 6) is 0.182. The Hall–Kier alpha value is -2.69. The standard InChI is InChI=1S/C19H17F2N3/c20-14-6-9-16(21)17(11-14)22-15-7-4-13(5-8-15)18-12-24-10-2-1-3-19(24)23-18/h4-9,11-12,22H,1-3,10H2. The molecule has 0 bridgehead atoms. The lowest BCUT2D eigenvalue weighted by atomic mass is 10.1. The van der Waals surface area contributed by atoms with E-state index in [0.29, 0.717) is 5.69 Å². The molecule has 3 nitrogen and oxygen atoms in total. The molecule has 0 spiro atoms. The van der Waals surface area contributed by atoms with Crippen LogP contribution < -0.4 is 5.32 Å². The molecule has 0 atom stereocenters. The van der Waals surface area contributed by atoms with E-state index in [9.17, 15) is 8.78 Å². The first kappa shape index (κ1) is 14.9. The Balaban J connectivity index is 1.56. The van der Waals surface area contributed by atoms with Crippen molar-refractivity contribution in [2.24, 2.45) is 0 Å². The van der Waals surface area contributed by atoms with Crippen molar-refractivity contribution < 1.29 is 8.78 Å². The van der Waals surface area contributed by atoms with Gasteiger partial charge in [0.2, 0.25) is 0 Å². The highest BCUT2D eigenvalue weighted by atomic mass is 19.1. The Morgan fingerprint density at radius 3 is 2.62 bits per heavy atom. The van der Waals surface area contributed by atoms with Crippen LogP contribution in [0.4, 0.5) is 20.2 Å². The molecule has 5 heteroatoms. The van der Waals surface area contributed by atoms with Gasteiger partial charge in [0.05, 0.1) is 11.4 Å². The molecule has 24 heavy (non-hydrogen) atoms. The van der Waals surface area contributed by atoms with Crippen molar-refractivity contribution in [2.75, 3.05) is 5.32 Å². The normalized spacial score (nSPS) is 13.6. The Morgan fingerprint density at radius 2 is 1.83 bits per heavy atom. The van der Waals surface area contributed by atoms with Crippen molar-refractivity contribution in [3.63, 3.8) is 0 Å². The maximum atomic E-state index is 13.7. The van der Waals surface area contributed by atoms with E-state index in [1.807, 2.05) is 24.3 Å². The zero-order valence-electron chi connectivity index (χ0n) is 13.1. The predicted octanol–water partition coefficient (Wildman–Crippen LogP) is 4.91. The van der Waals surface area contributed by atoms with E-state index in [-0.39, 0.29) is 5.69 Å². The number of imidazole rings is 1. The number of halogens is 2. The second-order valence-corrected chi connectivity index (χ2v) is 6.02. The minimum atomic E-state index is -0.484. The minimum absolute atomic E-state index is 0.125. The molecule has 0 unspecified atom stereocenters. The molecule has 1 aliphatic heterocycles. The van der Waals surface area contributed by atoms with Crippen LogP contribution in [-0.2, 0) is 13.0 Å². The van der Waals surface area contributed by atoms with E-state index in [0.717, 1.165) is 48.2 Å². The fourth-order valence-corrected chi connectivity index (χ4v) is 3.02. The van der Waals surface area contributed by atoms with E-state index in [4.69, 9.17) is 4.98 Å². The van der Waals surface area contributed by atoms with Crippen LogP contribution in [0.15, 0.2) is 48.7 Å². The lowest BCUT2D eigenvalue weighted by Crippen LogP contribution is -2.08. The van der Waals surface area contributed by atoms with E-state index in [1.165, 1.54) is 12.8 Å². The van der Waals surface area contributed by atoms with Crippen LogP contribution in [0.2, 0.25) is 0 Å². The third-order valence-electron chi connectivity index (χ3n) is 4.30. The number of aryl methyl sites for hydroxylation is 2. The van der Waals surface area contributed by atoms with Gasteiger partial charge in [-0.2, -0.15) is 0 Å². The van der Waals surface area contributed by atoms with Crippen molar-refractivity contribution in [1.82, 2.24) is 9.55 Å². The second kappa shape index (κ2) is 6.07. The smallest absolute Gasteiger partial charge is 0.146 e. The quantitative estimate of drug-likeness (QED) is 0.741. The summed E-state index contributed by atoms with van der Waals surface area (Å²) in [7, 11) is 0. The number of benzene rings is 2. The van der Waals surface area contributed by atoms with E-state index in [1.54, 1.807) is 0 Å². The molecule has 122 valence electrons. The van der Waals surface area contributed by atoms with Crippen molar-refractivity contribution in [2.45, 2.75) is 25.8 Å². The molecule has 0 amide bonds. The minimum Gasteiger partial charge on any atom is -0.353 e. The first-order chi connectivity index (χ1) is 11.7. The van der Waals surface area contributed by atoms with Crippen LogP contribution in [0, 0.1) is 11.6 Å². The van der Waals surface area contributed by atoms with E-state index < -0.39 is 11.6 Å². The van der Waals surface area contributed by atoms with Crippen LogP contribution in [0.1, 0.15) is 18.7 Å². The number of rotatable bonds is 3. The Kier molecular flexibility index (Phi) is 3.76.